The maximum atomic E-state index is 11.6. The molecule has 4 heteroatoms. The van der Waals surface area contributed by atoms with E-state index in [0.29, 0.717) is 6.42 Å². The molecule has 1 aromatic carbocycles. The first kappa shape index (κ1) is 15.1. The van der Waals surface area contributed by atoms with Crippen LogP contribution in [-0.2, 0) is 6.42 Å². The van der Waals surface area contributed by atoms with Gasteiger partial charge in [-0.05, 0) is 30.2 Å². The van der Waals surface area contributed by atoms with E-state index in [0.717, 1.165) is 23.2 Å². The topological polar surface area (TPSA) is 52.6 Å². The minimum Gasteiger partial charge on any atom is -0.395 e. The fraction of sp³-hybridized carbons (Fsp3) is 0.400. The van der Waals surface area contributed by atoms with Gasteiger partial charge in [0.25, 0.3) is 0 Å². The van der Waals surface area contributed by atoms with Gasteiger partial charge in [0.05, 0.1) is 6.61 Å². The normalized spacial score (nSPS) is 9.47. The second kappa shape index (κ2) is 7.45. The van der Waals surface area contributed by atoms with Gasteiger partial charge in [-0.25, -0.2) is 4.79 Å². The van der Waals surface area contributed by atoms with Gasteiger partial charge in [-0.3, -0.25) is 0 Å². The molecule has 0 unspecified atom stereocenters. The Balaban J connectivity index is 2.91. The van der Waals surface area contributed by atoms with Crippen LogP contribution in [0.2, 0.25) is 0 Å². The SMILES string of the molecule is CCc1cc(C#CCCO)ccc1NC(=O)N(C)C. The highest BCUT2D eigenvalue weighted by molar-refractivity contribution is 5.89. The molecule has 19 heavy (non-hydrogen) atoms. The Bertz CT molecular complexity index is 499. The summed E-state index contributed by atoms with van der Waals surface area (Å²) < 4.78 is 0. The second-order valence-electron chi connectivity index (χ2n) is 4.33. The molecule has 0 aliphatic carbocycles. The highest BCUT2D eigenvalue weighted by atomic mass is 16.2. The molecule has 0 saturated carbocycles. The van der Waals surface area contributed by atoms with Crippen molar-refractivity contribution < 1.29 is 9.90 Å². The number of hydrogen-bond acceptors (Lipinski definition) is 2. The average Bonchev–Trinajstić information content (AvgIpc) is 2.40. The number of nitrogens with zero attached hydrogens (tertiary/aromatic N) is 1. The van der Waals surface area contributed by atoms with E-state index in [4.69, 9.17) is 5.11 Å². The van der Waals surface area contributed by atoms with E-state index in [1.54, 1.807) is 14.1 Å². The summed E-state index contributed by atoms with van der Waals surface area (Å²) >= 11 is 0. The summed E-state index contributed by atoms with van der Waals surface area (Å²) in [6.45, 7) is 2.11. The van der Waals surface area contributed by atoms with Gasteiger partial charge < -0.3 is 15.3 Å². The van der Waals surface area contributed by atoms with Gasteiger partial charge in [0.15, 0.2) is 0 Å². The van der Waals surface area contributed by atoms with Crippen molar-refractivity contribution >= 4 is 11.7 Å². The molecule has 0 heterocycles. The largest absolute Gasteiger partial charge is 0.395 e. The Morgan fingerprint density at radius 2 is 2.16 bits per heavy atom. The number of aryl methyl sites for hydroxylation is 1. The summed E-state index contributed by atoms with van der Waals surface area (Å²) in [5.74, 6) is 5.88. The van der Waals surface area contributed by atoms with Gasteiger partial charge in [-0.2, -0.15) is 0 Å². The number of anilines is 1. The molecular weight excluding hydrogens is 240 g/mol. The van der Waals surface area contributed by atoms with Crippen LogP contribution in [-0.4, -0.2) is 36.7 Å². The van der Waals surface area contributed by atoms with Gasteiger partial charge in [0, 0.05) is 31.8 Å². The highest BCUT2D eigenvalue weighted by Gasteiger charge is 2.07. The quantitative estimate of drug-likeness (QED) is 0.817. The molecule has 0 spiro atoms. The minimum absolute atomic E-state index is 0.0740. The van der Waals surface area contributed by atoms with Crippen LogP contribution >= 0.6 is 0 Å². The molecule has 0 aliphatic rings. The molecule has 0 fully saturated rings. The van der Waals surface area contributed by atoms with E-state index in [-0.39, 0.29) is 12.6 Å². The van der Waals surface area contributed by atoms with Crippen LogP contribution in [0.4, 0.5) is 10.5 Å². The molecule has 0 saturated heterocycles. The lowest BCUT2D eigenvalue weighted by Crippen LogP contribution is -2.27. The van der Waals surface area contributed by atoms with E-state index in [1.807, 2.05) is 25.1 Å². The van der Waals surface area contributed by atoms with Crippen molar-refractivity contribution in [3.8, 4) is 11.8 Å². The van der Waals surface area contributed by atoms with Crippen molar-refractivity contribution in [1.29, 1.82) is 0 Å². The van der Waals surface area contributed by atoms with Crippen LogP contribution in [0.15, 0.2) is 18.2 Å². The molecule has 102 valence electrons. The first-order valence-electron chi connectivity index (χ1n) is 6.29. The summed E-state index contributed by atoms with van der Waals surface area (Å²) in [7, 11) is 3.41. The molecule has 4 nitrogen and oxygen atoms in total. The zero-order chi connectivity index (χ0) is 14.3. The number of benzene rings is 1. The smallest absolute Gasteiger partial charge is 0.321 e. The number of hydrogen-bond donors (Lipinski definition) is 2. The lowest BCUT2D eigenvalue weighted by atomic mass is 10.1. The number of urea groups is 1. The Kier molecular flexibility index (Phi) is 5.91. The molecule has 1 rings (SSSR count). The van der Waals surface area contributed by atoms with Crippen molar-refractivity contribution in [3.63, 3.8) is 0 Å². The van der Waals surface area contributed by atoms with Crippen LogP contribution in [0.3, 0.4) is 0 Å². The molecule has 2 amide bonds. The highest BCUT2D eigenvalue weighted by Crippen LogP contribution is 2.18. The van der Waals surface area contributed by atoms with Crippen LogP contribution in [0.25, 0.3) is 0 Å². The van der Waals surface area contributed by atoms with Crippen LogP contribution < -0.4 is 5.32 Å². The van der Waals surface area contributed by atoms with Crippen molar-refractivity contribution in [3.05, 3.63) is 29.3 Å². The standard InChI is InChI=1S/C15H20N2O2/c1-4-13-11-12(7-5-6-10-18)8-9-14(13)16-15(19)17(2)3/h8-9,11,18H,4,6,10H2,1-3H3,(H,16,19). The van der Waals surface area contributed by atoms with Crippen LogP contribution in [0.5, 0.6) is 0 Å². The molecule has 0 aliphatic heterocycles. The maximum absolute atomic E-state index is 11.6. The number of aliphatic hydroxyl groups excluding tert-OH is 1. The van der Waals surface area contributed by atoms with Gasteiger partial charge in [0.2, 0.25) is 0 Å². The van der Waals surface area contributed by atoms with E-state index in [1.165, 1.54) is 4.90 Å². The number of amides is 2. The first-order valence-corrected chi connectivity index (χ1v) is 6.29. The fourth-order valence-electron chi connectivity index (χ4n) is 1.53. The van der Waals surface area contributed by atoms with Gasteiger partial charge in [-0.1, -0.05) is 18.8 Å². The van der Waals surface area contributed by atoms with Crippen molar-refractivity contribution in [2.75, 3.05) is 26.0 Å². The fourth-order valence-corrected chi connectivity index (χ4v) is 1.53. The van der Waals surface area contributed by atoms with Crippen molar-refractivity contribution in [2.24, 2.45) is 0 Å². The lowest BCUT2D eigenvalue weighted by molar-refractivity contribution is 0.230. The summed E-state index contributed by atoms with van der Waals surface area (Å²) in [5, 5.41) is 11.5. The second-order valence-corrected chi connectivity index (χ2v) is 4.33. The lowest BCUT2D eigenvalue weighted by Gasteiger charge is -2.14. The Hall–Kier alpha value is -1.99. The number of rotatable bonds is 3. The summed E-state index contributed by atoms with van der Waals surface area (Å²) in [6.07, 6.45) is 1.29. The Morgan fingerprint density at radius 1 is 1.42 bits per heavy atom. The number of carbonyl (C=O) groups excluding carboxylic acids is 1. The zero-order valence-electron chi connectivity index (χ0n) is 11.7. The van der Waals surface area contributed by atoms with Gasteiger partial charge in [-0.15, -0.1) is 0 Å². The Morgan fingerprint density at radius 3 is 2.74 bits per heavy atom. The predicted octanol–water partition coefficient (Wildman–Crippen LogP) is 2.08. The van der Waals surface area contributed by atoms with Gasteiger partial charge in [0.1, 0.15) is 0 Å². The molecule has 0 atom stereocenters. The molecule has 0 bridgehead atoms. The third-order valence-electron chi connectivity index (χ3n) is 2.60. The van der Waals surface area contributed by atoms with E-state index >= 15 is 0 Å². The number of nitrogens with one attached hydrogen (secondary N) is 1. The minimum atomic E-state index is -0.145. The zero-order valence-corrected chi connectivity index (χ0v) is 11.7. The van der Waals surface area contributed by atoms with E-state index in [9.17, 15) is 4.79 Å². The predicted molar refractivity (Wildman–Crippen MR) is 77.1 cm³/mol. The van der Waals surface area contributed by atoms with E-state index in [2.05, 4.69) is 17.2 Å². The number of carbonyl (C=O) groups is 1. The molecule has 0 radical (unpaired) electrons. The monoisotopic (exact) mass is 260 g/mol. The van der Waals surface area contributed by atoms with Crippen molar-refractivity contribution in [2.45, 2.75) is 19.8 Å². The van der Waals surface area contributed by atoms with E-state index < -0.39 is 0 Å². The van der Waals surface area contributed by atoms with Gasteiger partial charge >= 0.3 is 6.03 Å². The third kappa shape index (κ3) is 4.65. The molecule has 2 N–H and O–H groups in total. The first-order chi connectivity index (χ1) is 9.08. The van der Waals surface area contributed by atoms with Crippen LogP contribution in [0.1, 0.15) is 24.5 Å². The average molecular weight is 260 g/mol. The third-order valence-corrected chi connectivity index (χ3v) is 2.60. The summed E-state index contributed by atoms with van der Waals surface area (Å²) in [5.41, 5.74) is 2.76. The van der Waals surface area contributed by atoms with Crippen LogP contribution in [0, 0.1) is 11.8 Å². The van der Waals surface area contributed by atoms with Crippen molar-refractivity contribution in [1.82, 2.24) is 4.90 Å². The molecule has 0 aromatic heterocycles. The maximum Gasteiger partial charge on any atom is 0.321 e. The summed E-state index contributed by atoms with van der Waals surface area (Å²) in [6, 6.07) is 5.56. The Labute approximate surface area is 114 Å². The number of aliphatic hydroxyl groups is 1. The summed E-state index contributed by atoms with van der Waals surface area (Å²) in [4.78, 5) is 13.1. The molecule has 1 aromatic rings. The molecular formula is C15H20N2O2.